The number of benzene rings is 1. The summed E-state index contributed by atoms with van der Waals surface area (Å²) in [4.78, 5) is 43.9. The van der Waals surface area contributed by atoms with Crippen LogP contribution in [0.4, 0.5) is 10.5 Å². The fourth-order valence-electron chi connectivity index (χ4n) is 3.58. The van der Waals surface area contributed by atoms with Crippen LogP contribution in [0.3, 0.4) is 0 Å². The SMILES string of the molecule is CC(=O)n1nc(C(=O)C2CNCCN2C(=O)Nc2cccc(Cl)c2)cc1-c1cccnc1. The number of pyridine rings is 1. The molecule has 4 rings (SSSR count). The highest BCUT2D eigenvalue weighted by Crippen LogP contribution is 2.22. The second kappa shape index (κ2) is 9.29. The maximum Gasteiger partial charge on any atom is 0.322 e. The molecule has 32 heavy (non-hydrogen) atoms. The van der Waals surface area contributed by atoms with Crippen LogP contribution < -0.4 is 10.6 Å². The first-order valence-electron chi connectivity index (χ1n) is 10.0. The van der Waals surface area contributed by atoms with E-state index in [1.54, 1.807) is 54.9 Å². The molecule has 2 amide bonds. The molecular weight excluding hydrogens is 432 g/mol. The second-order valence-electron chi connectivity index (χ2n) is 7.31. The normalized spacial score (nSPS) is 15.9. The van der Waals surface area contributed by atoms with E-state index in [0.29, 0.717) is 35.1 Å². The van der Waals surface area contributed by atoms with Gasteiger partial charge in [0.05, 0.1) is 5.69 Å². The molecule has 164 valence electrons. The predicted octanol–water partition coefficient (Wildman–Crippen LogP) is 2.95. The van der Waals surface area contributed by atoms with Gasteiger partial charge in [-0.25, -0.2) is 4.79 Å². The minimum absolute atomic E-state index is 0.105. The highest BCUT2D eigenvalue weighted by Gasteiger charge is 2.34. The Bertz CT molecular complexity index is 1160. The number of piperazine rings is 1. The van der Waals surface area contributed by atoms with E-state index in [0.717, 1.165) is 0 Å². The zero-order valence-corrected chi connectivity index (χ0v) is 18.0. The maximum absolute atomic E-state index is 13.4. The Balaban J connectivity index is 1.61. The predicted molar refractivity (Wildman–Crippen MR) is 120 cm³/mol. The number of carbonyl (C=O) groups is 3. The third-order valence-electron chi connectivity index (χ3n) is 5.10. The lowest BCUT2D eigenvalue weighted by atomic mass is 10.1. The lowest BCUT2D eigenvalue weighted by molar-refractivity contribution is 0.0822. The summed E-state index contributed by atoms with van der Waals surface area (Å²) in [5, 5.41) is 10.7. The van der Waals surface area contributed by atoms with Gasteiger partial charge in [0.25, 0.3) is 0 Å². The zero-order valence-electron chi connectivity index (χ0n) is 17.3. The Labute approximate surface area is 189 Å². The van der Waals surface area contributed by atoms with Gasteiger partial charge in [-0.1, -0.05) is 17.7 Å². The Morgan fingerprint density at radius 1 is 1.19 bits per heavy atom. The molecule has 1 unspecified atom stereocenters. The van der Waals surface area contributed by atoms with Crippen molar-refractivity contribution in [2.45, 2.75) is 13.0 Å². The van der Waals surface area contributed by atoms with Gasteiger partial charge in [-0.2, -0.15) is 9.78 Å². The molecule has 0 radical (unpaired) electrons. The average molecular weight is 453 g/mol. The van der Waals surface area contributed by atoms with E-state index in [1.165, 1.54) is 16.5 Å². The first kappa shape index (κ1) is 21.7. The first-order chi connectivity index (χ1) is 15.4. The monoisotopic (exact) mass is 452 g/mol. The number of urea groups is 1. The third kappa shape index (κ3) is 4.53. The number of amides is 2. The van der Waals surface area contributed by atoms with Crippen molar-refractivity contribution in [2.24, 2.45) is 0 Å². The van der Waals surface area contributed by atoms with Crippen LogP contribution in [0.15, 0.2) is 54.9 Å². The number of hydrogen-bond acceptors (Lipinski definition) is 6. The molecule has 0 spiro atoms. The Morgan fingerprint density at radius 3 is 2.75 bits per heavy atom. The smallest absolute Gasteiger partial charge is 0.312 e. The fraction of sp³-hybridized carbons (Fsp3) is 0.227. The van der Waals surface area contributed by atoms with Crippen LogP contribution in [0.2, 0.25) is 5.02 Å². The van der Waals surface area contributed by atoms with E-state index < -0.39 is 12.1 Å². The lowest BCUT2D eigenvalue weighted by Gasteiger charge is -2.34. The van der Waals surface area contributed by atoms with Crippen LogP contribution in [-0.4, -0.2) is 63.1 Å². The largest absolute Gasteiger partial charge is 0.322 e. The number of Topliss-reactive ketones (excluding diaryl/α,β-unsaturated/α-hetero) is 1. The molecule has 1 aromatic carbocycles. The van der Waals surface area contributed by atoms with Crippen molar-refractivity contribution in [2.75, 3.05) is 25.0 Å². The minimum atomic E-state index is -0.778. The van der Waals surface area contributed by atoms with Crippen molar-refractivity contribution in [3.8, 4) is 11.3 Å². The highest BCUT2D eigenvalue weighted by atomic mass is 35.5. The van der Waals surface area contributed by atoms with E-state index in [4.69, 9.17) is 11.6 Å². The molecule has 1 aliphatic heterocycles. The number of hydrogen-bond donors (Lipinski definition) is 2. The molecule has 1 atom stereocenters. The molecule has 3 aromatic rings. The molecule has 1 saturated heterocycles. The summed E-state index contributed by atoms with van der Waals surface area (Å²) in [6.07, 6.45) is 3.21. The summed E-state index contributed by atoms with van der Waals surface area (Å²) in [5.41, 5.74) is 1.76. The fourth-order valence-corrected chi connectivity index (χ4v) is 3.77. The van der Waals surface area contributed by atoms with Gasteiger partial charge < -0.3 is 15.5 Å². The standard InChI is InChI=1S/C22H21ClN6O3/c1-14(30)29-19(15-4-3-7-24-12-15)11-18(27-29)21(31)20-13-25-8-9-28(20)22(32)26-17-6-2-5-16(23)10-17/h2-7,10-12,20,25H,8-9,13H2,1H3,(H,26,32). The van der Waals surface area contributed by atoms with E-state index in [2.05, 4.69) is 20.7 Å². The average Bonchev–Trinajstić information content (AvgIpc) is 3.25. The quantitative estimate of drug-likeness (QED) is 0.589. The molecule has 3 heterocycles. The number of ketones is 1. The molecule has 2 aromatic heterocycles. The van der Waals surface area contributed by atoms with Crippen LogP contribution in [0, 0.1) is 0 Å². The molecule has 1 aliphatic rings. The van der Waals surface area contributed by atoms with Crippen molar-refractivity contribution >= 4 is 35.0 Å². The van der Waals surface area contributed by atoms with Crippen LogP contribution >= 0.6 is 11.6 Å². The first-order valence-corrected chi connectivity index (χ1v) is 10.4. The van der Waals surface area contributed by atoms with E-state index >= 15 is 0 Å². The summed E-state index contributed by atoms with van der Waals surface area (Å²) in [6, 6.07) is 10.7. The van der Waals surface area contributed by atoms with Crippen molar-refractivity contribution in [3.05, 3.63) is 65.6 Å². The van der Waals surface area contributed by atoms with Gasteiger partial charge in [0.1, 0.15) is 11.7 Å². The third-order valence-corrected chi connectivity index (χ3v) is 5.34. The zero-order chi connectivity index (χ0) is 22.7. The molecule has 2 N–H and O–H groups in total. The second-order valence-corrected chi connectivity index (χ2v) is 7.74. The van der Waals surface area contributed by atoms with Crippen LogP contribution in [0.5, 0.6) is 0 Å². The van der Waals surface area contributed by atoms with E-state index in [1.807, 2.05) is 0 Å². The number of carbonyl (C=O) groups excluding carboxylic acids is 3. The van der Waals surface area contributed by atoms with Crippen LogP contribution in [0.1, 0.15) is 22.2 Å². The Hall–Kier alpha value is -3.56. The van der Waals surface area contributed by atoms with Crippen LogP contribution in [0.25, 0.3) is 11.3 Å². The summed E-state index contributed by atoms with van der Waals surface area (Å²) in [7, 11) is 0. The molecule has 0 aliphatic carbocycles. The summed E-state index contributed by atoms with van der Waals surface area (Å²) in [5.74, 6) is -0.691. The van der Waals surface area contributed by atoms with E-state index in [-0.39, 0.29) is 23.9 Å². The Morgan fingerprint density at radius 2 is 2.03 bits per heavy atom. The summed E-state index contributed by atoms with van der Waals surface area (Å²) >= 11 is 5.99. The van der Waals surface area contributed by atoms with Gasteiger partial charge in [0.15, 0.2) is 0 Å². The van der Waals surface area contributed by atoms with Crippen molar-refractivity contribution in [3.63, 3.8) is 0 Å². The molecule has 1 fully saturated rings. The van der Waals surface area contributed by atoms with Gasteiger partial charge in [-0.3, -0.25) is 14.6 Å². The number of aromatic nitrogens is 3. The lowest BCUT2D eigenvalue weighted by Crippen LogP contribution is -2.58. The van der Waals surface area contributed by atoms with Crippen molar-refractivity contribution in [1.82, 2.24) is 25.0 Å². The van der Waals surface area contributed by atoms with Crippen molar-refractivity contribution in [1.29, 1.82) is 0 Å². The molecule has 9 nitrogen and oxygen atoms in total. The molecule has 0 saturated carbocycles. The molecule has 10 heteroatoms. The van der Waals surface area contributed by atoms with E-state index in [9.17, 15) is 14.4 Å². The van der Waals surface area contributed by atoms with Gasteiger partial charge in [-0.15, -0.1) is 0 Å². The number of anilines is 1. The maximum atomic E-state index is 13.4. The number of nitrogens with one attached hydrogen (secondary N) is 2. The van der Waals surface area contributed by atoms with Gasteiger partial charge >= 0.3 is 6.03 Å². The van der Waals surface area contributed by atoms with Gasteiger partial charge in [-0.05, 0) is 36.4 Å². The topological polar surface area (TPSA) is 109 Å². The molecular formula is C22H21ClN6O3. The molecule has 0 bridgehead atoms. The van der Waals surface area contributed by atoms with Crippen molar-refractivity contribution < 1.29 is 14.4 Å². The number of nitrogens with zero attached hydrogens (tertiary/aromatic N) is 4. The minimum Gasteiger partial charge on any atom is -0.312 e. The Kier molecular flexibility index (Phi) is 6.29. The van der Waals surface area contributed by atoms with Crippen LogP contribution in [-0.2, 0) is 0 Å². The summed E-state index contributed by atoms with van der Waals surface area (Å²) in [6.45, 7) is 2.53. The highest BCUT2D eigenvalue weighted by molar-refractivity contribution is 6.30. The summed E-state index contributed by atoms with van der Waals surface area (Å²) < 4.78 is 1.18. The van der Waals surface area contributed by atoms with Gasteiger partial charge in [0, 0.05) is 55.2 Å². The van der Waals surface area contributed by atoms with Gasteiger partial charge in [0.2, 0.25) is 11.7 Å². The number of rotatable bonds is 4. The number of halogens is 1.